The molecular formula is C14H22N4O2. The molecule has 0 aromatic carbocycles. The van der Waals surface area contributed by atoms with E-state index in [4.69, 9.17) is 10.5 Å². The SMILES string of the molecule is CCNC(=O)c1cc(NC2C(N)CC2OCC)ccn1. The fourth-order valence-electron chi connectivity index (χ4n) is 2.32. The van der Waals surface area contributed by atoms with Crippen molar-refractivity contribution in [1.82, 2.24) is 10.3 Å². The van der Waals surface area contributed by atoms with Gasteiger partial charge in [-0.15, -0.1) is 0 Å². The van der Waals surface area contributed by atoms with Crippen LogP contribution in [0.4, 0.5) is 5.69 Å². The summed E-state index contributed by atoms with van der Waals surface area (Å²) in [4.78, 5) is 15.8. The molecule has 0 radical (unpaired) electrons. The van der Waals surface area contributed by atoms with Gasteiger partial charge in [0.25, 0.3) is 5.91 Å². The fraction of sp³-hybridized carbons (Fsp3) is 0.571. The number of aromatic nitrogens is 1. The van der Waals surface area contributed by atoms with Crippen molar-refractivity contribution in [3.8, 4) is 0 Å². The zero-order valence-electron chi connectivity index (χ0n) is 11.9. The molecule has 0 spiro atoms. The van der Waals surface area contributed by atoms with Gasteiger partial charge in [0.15, 0.2) is 0 Å². The Morgan fingerprint density at radius 2 is 2.35 bits per heavy atom. The minimum Gasteiger partial charge on any atom is -0.378 e. The van der Waals surface area contributed by atoms with E-state index in [0.29, 0.717) is 18.8 Å². The second-order valence-corrected chi connectivity index (χ2v) is 4.85. The number of rotatable bonds is 6. The molecule has 4 N–H and O–H groups in total. The van der Waals surface area contributed by atoms with Gasteiger partial charge >= 0.3 is 0 Å². The fourth-order valence-corrected chi connectivity index (χ4v) is 2.32. The molecule has 1 fully saturated rings. The first-order valence-electron chi connectivity index (χ1n) is 7.03. The van der Waals surface area contributed by atoms with Crippen LogP contribution in [0, 0.1) is 0 Å². The first kappa shape index (κ1) is 14.7. The molecule has 1 aromatic rings. The largest absolute Gasteiger partial charge is 0.378 e. The van der Waals surface area contributed by atoms with Crippen LogP contribution in [0.15, 0.2) is 18.3 Å². The lowest BCUT2D eigenvalue weighted by molar-refractivity contribution is -0.0126. The van der Waals surface area contributed by atoms with Crippen LogP contribution in [-0.4, -0.2) is 42.2 Å². The van der Waals surface area contributed by atoms with Gasteiger partial charge in [0.2, 0.25) is 0 Å². The molecule has 3 unspecified atom stereocenters. The monoisotopic (exact) mass is 278 g/mol. The second-order valence-electron chi connectivity index (χ2n) is 4.85. The van der Waals surface area contributed by atoms with Crippen LogP contribution in [0.25, 0.3) is 0 Å². The molecule has 0 bridgehead atoms. The van der Waals surface area contributed by atoms with Crippen LogP contribution in [0.3, 0.4) is 0 Å². The predicted octanol–water partition coefficient (Wildman–Crippen LogP) is 0.748. The highest BCUT2D eigenvalue weighted by molar-refractivity contribution is 5.93. The maximum Gasteiger partial charge on any atom is 0.269 e. The highest BCUT2D eigenvalue weighted by Gasteiger charge is 2.39. The van der Waals surface area contributed by atoms with E-state index >= 15 is 0 Å². The third kappa shape index (κ3) is 3.26. The third-order valence-corrected chi connectivity index (χ3v) is 3.41. The summed E-state index contributed by atoms with van der Waals surface area (Å²) in [5.74, 6) is -0.171. The van der Waals surface area contributed by atoms with Crippen molar-refractivity contribution >= 4 is 11.6 Å². The minimum atomic E-state index is -0.171. The second kappa shape index (κ2) is 6.67. The Hall–Kier alpha value is -1.66. The van der Waals surface area contributed by atoms with E-state index < -0.39 is 0 Å². The predicted molar refractivity (Wildman–Crippen MR) is 77.7 cm³/mol. The van der Waals surface area contributed by atoms with Crippen LogP contribution in [-0.2, 0) is 4.74 Å². The van der Waals surface area contributed by atoms with E-state index in [9.17, 15) is 4.79 Å². The topological polar surface area (TPSA) is 89.3 Å². The first-order chi connectivity index (χ1) is 9.65. The molecule has 0 aliphatic heterocycles. The van der Waals surface area contributed by atoms with Crippen molar-refractivity contribution < 1.29 is 9.53 Å². The Morgan fingerprint density at radius 1 is 1.55 bits per heavy atom. The number of nitrogens with one attached hydrogen (secondary N) is 2. The average Bonchev–Trinajstić information content (AvgIpc) is 2.45. The normalized spacial score (nSPS) is 24.9. The van der Waals surface area contributed by atoms with Gasteiger partial charge in [-0.3, -0.25) is 9.78 Å². The summed E-state index contributed by atoms with van der Waals surface area (Å²) in [7, 11) is 0. The molecule has 1 saturated carbocycles. The van der Waals surface area contributed by atoms with Gasteiger partial charge in [0, 0.05) is 31.1 Å². The van der Waals surface area contributed by atoms with Gasteiger partial charge in [0.05, 0.1) is 12.1 Å². The van der Waals surface area contributed by atoms with Gasteiger partial charge in [-0.05, 0) is 32.4 Å². The molecule has 1 heterocycles. The van der Waals surface area contributed by atoms with Crippen LogP contribution in [0.1, 0.15) is 30.8 Å². The molecule has 1 aromatic heterocycles. The van der Waals surface area contributed by atoms with Crippen LogP contribution >= 0.6 is 0 Å². The lowest BCUT2D eigenvalue weighted by Crippen LogP contribution is -2.60. The third-order valence-electron chi connectivity index (χ3n) is 3.41. The van der Waals surface area contributed by atoms with Crippen molar-refractivity contribution in [3.63, 3.8) is 0 Å². The molecule has 6 nitrogen and oxygen atoms in total. The number of amides is 1. The van der Waals surface area contributed by atoms with Crippen molar-refractivity contribution in [1.29, 1.82) is 0 Å². The number of hydrogen-bond donors (Lipinski definition) is 3. The highest BCUT2D eigenvalue weighted by atomic mass is 16.5. The van der Waals surface area contributed by atoms with Gasteiger partial charge < -0.3 is 21.1 Å². The quantitative estimate of drug-likeness (QED) is 0.714. The summed E-state index contributed by atoms with van der Waals surface area (Å²) in [6, 6.07) is 3.72. The summed E-state index contributed by atoms with van der Waals surface area (Å²) in [6.45, 7) is 5.11. The molecule has 1 aliphatic carbocycles. The van der Waals surface area contributed by atoms with E-state index in [0.717, 1.165) is 12.1 Å². The van der Waals surface area contributed by atoms with Crippen molar-refractivity contribution in [2.45, 2.75) is 38.5 Å². The number of anilines is 1. The van der Waals surface area contributed by atoms with Crippen molar-refractivity contribution in [2.75, 3.05) is 18.5 Å². The molecule has 110 valence electrons. The van der Waals surface area contributed by atoms with Crippen LogP contribution in [0.5, 0.6) is 0 Å². The van der Waals surface area contributed by atoms with Gasteiger partial charge in [-0.1, -0.05) is 0 Å². The van der Waals surface area contributed by atoms with Gasteiger partial charge in [0.1, 0.15) is 5.69 Å². The summed E-state index contributed by atoms with van der Waals surface area (Å²) in [5.41, 5.74) is 7.24. The van der Waals surface area contributed by atoms with E-state index in [1.165, 1.54) is 0 Å². The zero-order chi connectivity index (χ0) is 14.5. The number of carbonyl (C=O) groups is 1. The Morgan fingerprint density at radius 3 is 3.00 bits per heavy atom. The first-order valence-corrected chi connectivity index (χ1v) is 7.03. The van der Waals surface area contributed by atoms with E-state index in [1.807, 2.05) is 19.9 Å². The molecule has 3 atom stereocenters. The Labute approximate surface area is 119 Å². The number of nitrogens with zero attached hydrogens (tertiary/aromatic N) is 1. The van der Waals surface area contributed by atoms with E-state index in [-0.39, 0.29) is 24.1 Å². The molecule has 1 amide bonds. The summed E-state index contributed by atoms with van der Waals surface area (Å²) < 4.78 is 5.61. The number of pyridine rings is 1. The van der Waals surface area contributed by atoms with Crippen LogP contribution in [0.2, 0.25) is 0 Å². The molecule has 20 heavy (non-hydrogen) atoms. The zero-order valence-corrected chi connectivity index (χ0v) is 11.9. The molecule has 0 saturated heterocycles. The Kier molecular flexibility index (Phi) is 4.92. The van der Waals surface area contributed by atoms with Crippen molar-refractivity contribution in [2.24, 2.45) is 5.73 Å². The van der Waals surface area contributed by atoms with E-state index in [1.54, 1.807) is 12.3 Å². The van der Waals surface area contributed by atoms with Crippen molar-refractivity contribution in [3.05, 3.63) is 24.0 Å². The summed E-state index contributed by atoms with van der Waals surface area (Å²) in [6.07, 6.45) is 2.61. The van der Waals surface area contributed by atoms with E-state index in [2.05, 4.69) is 15.6 Å². The summed E-state index contributed by atoms with van der Waals surface area (Å²) in [5, 5.41) is 6.06. The maximum atomic E-state index is 11.7. The van der Waals surface area contributed by atoms with Gasteiger partial charge in [-0.25, -0.2) is 0 Å². The lowest BCUT2D eigenvalue weighted by atomic mass is 9.83. The number of ether oxygens (including phenoxy) is 1. The maximum absolute atomic E-state index is 11.7. The van der Waals surface area contributed by atoms with Crippen LogP contribution < -0.4 is 16.4 Å². The lowest BCUT2D eigenvalue weighted by Gasteiger charge is -2.43. The smallest absolute Gasteiger partial charge is 0.269 e. The average molecular weight is 278 g/mol. The number of nitrogens with two attached hydrogens (primary N) is 1. The van der Waals surface area contributed by atoms with Gasteiger partial charge in [-0.2, -0.15) is 0 Å². The molecular weight excluding hydrogens is 256 g/mol. The number of carbonyl (C=O) groups excluding carboxylic acids is 1. The Bertz CT molecular complexity index is 464. The molecule has 2 rings (SSSR count). The Balaban J connectivity index is 2.02. The molecule has 6 heteroatoms. The highest BCUT2D eigenvalue weighted by Crippen LogP contribution is 2.26. The standard InChI is InChI=1S/C14H22N4O2/c1-3-16-14(19)11-7-9(5-6-17-11)18-13-10(15)8-12(13)20-4-2/h5-7,10,12-13H,3-4,8,15H2,1-2H3,(H,16,19)(H,17,18). The number of hydrogen-bond acceptors (Lipinski definition) is 5. The minimum absolute atomic E-state index is 0.0765. The molecule has 1 aliphatic rings. The summed E-state index contributed by atoms with van der Waals surface area (Å²) >= 11 is 0.